The van der Waals surface area contributed by atoms with Crippen LogP contribution in [0.15, 0.2) is 48.5 Å². The fraction of sp³-hybridized carbons (Fsp3) is 0.517. The summed E-state index contributed by atoms with van der Waals surface area (Å²) in [7, 11) is 0. The molecule has 196 valence electrons. The third kappa shape index (κ3) is 8.64. The van der Waals surface area contributed by atoms with E-state index in [2.05, 4.69) is 24.1 Å². The molecule has 0 radical (unpaired) electrons. The van der Waals surface area contributed by atoms with Crippen LogP contribution in [-0.4, -0.2) is 66.1 Å². The normalized spacial score (nSPS) is 15.6. The van der Waals surface area contributed by atoms with E-state index in [-0.39, 0.29) is 31.5 Å². The Morgan fingerprint density at radius 2 is 1.89 bits per heavy atom. The van der Waals surface area contributed by atoms with Gasteiger partial charge in [-0.25, -0.2) is 0 Å². The van der Waals surface area contributed by atoms with E-state index in [4.69, 9.17) is 4.74 Å². The highest BCUT2D eigenvalue weighted by Gasteiger charge is 2.24. The van der Waals surface area contributed by atoms with Crippen molar-refractivity contribution in [3.8, 4) is 5.75 Å². The maximum Gasteiger partial charge on any atom is 0.254 e. The van der Waals surface area contributed by atoms with Crippen LogP contribution in [0.4, 0.5) is 0 Å². The molecule has 3 rings (SSSR count). The molecule has 1 aliphatic rings. The number of carbonyl (C=O) groups is 2. The summed E-state index contributed by atoms with van der Waals surface area (Å²) in [4.78, 5) is 30.3. The second-order valence-corrected chi connectivity index (χ2v) is 9.87. The summed E-state index contributed by atoms with van der Waals surface area (Å²) in [5.41, 5.74) is 2.36. The second kappa shape index (κ2) is 14.6. The molecule has 2 aromatic rings. The van der Waals surface area contributed by atoms with Crippen LogP contribution < -0.4 is 10.1 Å². The highest BCUT2D eigenvalue weighted by molar-refractivity contribution is 5.96. The molecule has 0 bridgehead atoms. The number of carbonyl (C=O) groups excluding carboxylic acids is 2. The summed E-state index contributed by atoms with van der Waals surface area (Å²) < 4.78 is 6.20. The number of fused-ring (bicyclic) bond motifs is 1. The highest BCUT2D eigenvalue weighted by Crippen LogP contribution is 2.27. The average Bonchev–Trinajstić information content (AvgIpc) is 2.88. The lowest BCUT2D eigenvalue weighted by Crippen LogP contribution is -2.39. The number of nitrogens with one attached hydrogen (secondary N) is 1. The van der Waals surface area contributed by atoms with Gasteiger partial charge in [-0.05, 0) is 55.8 Å². The second-order valence-electron chi connectivity index (χ2n) is 9.87. The summed E-state index contributed by atoms with van der Waals surface area (Å²) in [5, 5.41) is 12.7. The Bertz CT molecular complexity index is 964. The van der Waals surface area contributed by atoms with Crippen LogP contribution in [0.3, 0.4) is 0 Å². The van der Waals surface area contributed by atoms with Gasteiger partial charge in [0.1, 0.15) is 5.75 Å². The zero-order valence-electron chi connectivity index (χ0n) is 21.7. The van der Waals surface area contributed by atoms with Gasteiger partial charge in [-0.2, -0.15) is 0 Å². The van der Waals surface area contributed by atoms with Crippen molar-refractivity contribution in [2.45, 2.75) is 52.6 Å². The smallest absolute Gasteiger partial charge is 0.254 e. The largest absolute Gasteiger partial charge is 0.493 e. The van der Waals surface area contributed by atoms with Gasteiger partial charge >= 0.3 is 0 Å². The van der Waals surface area contributed by atoms with Gasteiger partial charge in [0.15, 0.2) is 0 Å². The molecule has 0 saturated carbocycles. The molecular formula is C29H41N3O4. The first-order valence-corrected chi connectivity index (χ1v) is 13.2. The van der Waals surface area contributed by atoms with Crippen molar-refractivity contribution in [1.82, 2.24) is 15.1 Å². The Balaban J connectivity index is 1.95. The lowest BCUT2D eigenvalue weighted by atomic mass is 10.0. The number of amides is 2. The zero-order valence-corrected chi connectivity index (χ0v) is 21.7. The molecule has 7 nitrogen and oxygen atoms in total. The molecule has 36 heavy (non-hydrogen) atoms. The van der Waals surface area contributed by atoms with Gasteiger partial charge in [0, 0.05) is 37.3 Å². The molecule has 1 aliphatic heterocycles. The summed E-state index contributed by atoms with van der Waals surface area (Å²) in [6.45, 7) is 7.56. The van der Waals surface area contributed by atoms with Gasteiger partial charge in [-0.15, -0.1) is 0 Å². The molecule has 0 aromatic heterocycles. The van der Waals surface area contributed by atoms with Crippen molar-refractivity contribution in [3.63, 3.8) is 0 Å². The molecule has 0 spiro atoms. The number of aliphatic hydroxyl groups excluding tert-OH is 1. The minimum atomic E-state index is -0.147. The molecule has 2 amide bonds. The summed E-state index contributed by atoms with van der Waals surface area (Å²) >= 11 is 0. The van der Waals surface area contributed by atoms with Crippen molar-refractivity contribution in [2.24, 2.45) is 5.92 Å². The van der Waals surface area contributed by atoms with E-state index in [9.17, 15) is 14.7 Å². The first-order chi connectivity index (χ1) is 17.5. The molecule has 0 atom stereocenters. The summed E-state index contributed by atoms with van der Waals surface area (Å²) in [6.07, 6.45) is 3.72. The van der Waals surface area contributed by atoms with Gasteiger partial charge < -0.3 is 20.1 Å². The molecule has 2 aromatic carbocycles. The van der Waals surface area contributed by atoms with Crippen molar-refractivity contribution < 1.29 is 19.4 Å². The average molecular weight is 496 g/mol. The maximum atomic E-state index is 13.8. The van der Waals surface area contributed by atoms with Crippen LogP contribution in [0.5, 0.6) is 5.75 Å². The molecule has 0 aliphatic carbocycles. The van der Waals surface area contributed by atoms with E-state index in [1.165, 1.54) is 0 Å². The summed E-state index contributed by atoms with van der Waals surface area (Å²) in [5.74, 6) is 1.05. The number of benzene rings is 2. The van der Waals surface area contributed by atoms with Crippen LogP contribution >= 0.6 is 0 Å². The van der Waals surface area contributed by atoms with E-state index >= 15 is 0 Å². The Morgan fingerprint density at radius 3 is 2.64 bits per heavy atom. The number of rotatable bonds is 8. The standard InChI is InChI=1S/C29H41N3O4/c1-23(2)14-16-31-21-26-25(29(35)32(17-18-33)20-24-10-5-3-6-11-24)12-9-13-27(26)36-19-8-4-7-15-30-28(34)22-31/h3,5-6,9-13,23,33H,4,7-8,14-22H2,1-2H3,(H,30,34). The molecule has 7 heteroatoms. The molecular weight excluding hydrogens is 454 g/mol. The molecule has 0 fully saturated rings. The first-order valence-electron chi connectivity index (χ1n) is 13.2. The topological polar surface area (TPSA) is 82.1 Å². The Kier molecular flexibility index (Phi) is 11.2. The molecule has 0 unspecified atom stereocenters. The predicted molar refractivity (Wildman–Crippen MR) is 142 cm³/mol. The molecule has 1 heterocycles. The van der Waals surface area contributed by atoms with Gasteiger partial charge in [0.05, 0.1) is 19.8 Å². The zero-order chi connectivity index (χ0) is 25.8. The fourth-order valence-electron chi connectivity index (χ4n) is 4.36. The van der Waals surface area contributed by atoms with Crippen molar-refractivity contribution >= 4 is 11.8 Å². The minimum absolute atomic E-state index is 0.00950. The number of ether oxygens (including phenoxy) is 1. The van der Waals surface area contributed by atoms with Crippen LogP contribution in [0, 0.1) is 5.92 Å². The molecule has 0 saturated heterocycles. The van der Waals surface area contributed by atoms with Gasteiger partial charge in [-0.1, -0.05) is 50.2 Å². The summed E-state index contributed by atoms with van der Waals surface area (Å²) in [6, 6.07) is 15.4. The third-order valence-electron chi connectivity index (χ3n) is 6.41. The maximum absolute atomic E-state index is 13.8. The number of aliphatic hydroxyl groups is 1. The monoisotopic (exact) mass is 495 g/mol. The van der Waals surface area contributed by atoms with E-state index in [0.717, 1.165) is 43.4 Å². The minimum Gasteiger partial charge on any atom is -0.493 e. The number of hydrogen-bond acceptors (Lipinski definition) is 5. The van der Waals surface area contributed by atoms with Crippen molar-refractivity contribution in [3.05, 3.63) is 65.2 Å². The quantitative estimate of drug-likeness (QED) is 0.581. The predicted octanol–water partition coefficient (Wildman–Crippen LogP) is 3.85. The fourth-order valence-corrected chi connectivity index (χ4v) is 4.36. The van der Waals surface area contributed by atoms with E-state index in [1.54, 1.807) is 4.90 Å². The Hall–Kier alpha value is -2.90. The lowest BCUT2D eigenvalue weighted by Gasteiger charge is -2.27. The van der Waals surface area contributed by atoms with Crippen LogP contribution in [0.1, 0.15) is 61.0 Å². The number of nitrogens with zero attached hydrogens (tertiary/aromatic N) is 2. The van der Waals surface area contributed by atoms with E-state index in [0.29, 0.717) is 43.5 Å². The Morgan fingerprint density at radius 1 is 1.08 bits per heavy atom. The van der Waals surface area contributed by atoms with Crippen LogP contribution in [-0.2, 0) is 17.9 Å². The lowest BCUT2D eigenvalue weighted by molar-refractivity contribution is -0.122. The number of hydrogen-bond donors (Lipinski definition) is 2. The first kappa shape index (κ1) is 27.7. The molecule has 2 N–H and O–H groups in total. The van der Waals surface area contributed by atoms with E-state index < -0.39 is 0 Å². The van der Waals surface area contributed by atoms with E-state index in [1.807, 2.05) is 48.5 Å². The van der Waals surface area contributed by atoms with Crippen molar-refractivity contribution in [1.29, 1.82) is 0 Å². The van der Waals surface area contributed by atoms with Crippen LogP contribution in [0.25, 0.3) is 0 Å². The van der Waals surface area contributed by atoms with Gasteiger partial charge in [-0.3, -0.25) is 14.5 Å². The van der Waals surface area contributed by atoms with Crippen molar-refractivity contribution in [2.75, 3.05) is 39.4 Å². The van der Waals surface area contributed by atoms with Gasteiger partial charge in [0.2, 0.25) is 5.91 Å². The third-order valence-corrected chi connectivity index (χ3v) is 6.41. The SMILES string of the molecule is CC(C)CCN1CC(=O)NCCCCCOc2cccc(C(=O)N(CCO)Cc3ccccc3)c2C1. The van der Waals surface area contributed by atoms with Crippen LogP contribution in [0.2, 0.25) is 0 Å². The van der Waals surface area contributed by atoms with Gasteiger partial charge in [0.25, 0.3) is 5.91 Å². The Labute approximate surface area is 215 Å². The highest BCUT2D eigenvalue weighted by atomic mass is 16.5.